The van der Waals surface area contributed by atoms with E-state index in [1.807, 2.05) is 6.07 Å². The molecule has 17 heavy (non-hydrogen) atoms. The average molecular weight is 238 g/mol. The Balaban J connectivity index is 2.39. The molecule has 2 nitrogen and oxygen atoms in total. The molecular formula is C14H23FN2. The number of halogens is 1. The van der Waals surface area contributed by atoms with Crippen LogP contribution in [0.25, 0.3) is 0 Å². The molecule has 0 spiro atoms. The van der Waals surface area contributed by atoms with Gasteiger partial charge in [0.15, 0.2) is 0 Å². The first kappa shape index (κ1) is 14.1. The van der Waals surface area contributed by atoms with E-state index in [2.05, 4.69) is 31.1 Å². The molecule has 0 fully saturated rings. The van der Waals surface area contributed by atoms with E-state index in [4.69, 9.17) is 0 Å². The first-order valence-corrected chi connectivity index (χ1v) is 6.29. The highest BCUT2D eigenvalue weighted by molar-refractivity contribution is 5.16. The number of hydrogen-bond acceptors (Lipinski definition) is 2. The van der Waals surface area contributed by atoms with Crippen molar-refractivity contribution in [2.75, 3.05) is 20.1 Å². The lowest BCUT2D eigenvalue weighted by Crippen LogP contribution is -2.31. The van der Waals surface area contributed by atoms with Crippen LogP contribution in [0.4, 0.5) is 4.39 Å². The summed E-state index contributed by atoms with van der Waals surface area (Å²) in [6.07, 6.45) is 1.11. The van der Waals surface area contributed by atoms with E-state index >= 15 is 0 Å². The highest BCUT2D eigenvalue weighted by atomic mass is 19.1. The summed E-state index contributed by atoms with van der Waals surface area (Å²) in [5.41, 5.74) is 1.03. The monoisotopic (exact) mass is 238 g/mol. The van der Waals surface area contributed by atoms with Crippen LogP contribution in [0.15, 0.2) is 24.3 Å². The molecule has 1 unspecified atom stereocenters. The van der Waals surface area contributed by atoms with Crippen molar-refractivity contribution in [3.63, 3.8) is 0 Å². The molecule has 0 aliphatic carbocycles. The first-order chi connectivity index (χ1) is 8.13. The van der Waals surface area contributed by atoms with Crippen LogP contribution in [0.3, 0.4) is 0 Å². The number of nitrogens with one attached hydrogen (secondary N) is 1. The fourth-order valence-electron chi connectivity index (χ4n) is 1.79. The molecule has 0 heterocycles. The minimum atomic E-state index is -0.156. The molecular weight excluding hydrogens is 215 g/mol. The van der Waals surface area contributed by atoms with Gasteiger partial charge in [-0.05, 0) is 51.2 Å². The minimum absolute atomic E-state index is 0.156. The van der Waals surface area contributed by atoms with Gasteiger partial charge < -0.3 is 5.32 Å². The van der Waals surface area contributed by atoms with Gasteiger partial charge in [0.05, 0.1) is 0 Å². The molecule has 0 amide bonds. The van der Waals surface area contributed by atoms with Crippen LogP contribution in [0.1, 0.15) is 25.8 Å². The number of benzene rings is 1. The molecule has 96 valence electrons. The van der Waals surface area contributed by atoms with E-state index in [0.29, 0.717) is 6.04 Å². The van der Waals surface area contributed by atoms with Crippen molar-refractivity contribution in [1.82, 2.24) is 10.2 Å². The van der Waals surface area contributed by atoms with Gasteiger partial charge in [0.25, 0.3) is 0 Å². The second-order valence-corrected chi connectivity index (χ2v) is 4.54. The molecule has 1 aromatic rings. The SMILES string of the molecule is CCNCCC(C)N(C)Cc1cccc(F)c1. The van der Waals surface area contributed by atoms with Crippen molar-refractivity contribution >= 4 is 0 Å². The second kappa shape index (κ2) is 7.41. The molecule has 3 heteroatoms. The highest BCUT2D eigenvalue weighted by Crippen LogP contribution is 2.09. The molecule has 0 aliphatic rings. The van der Waals surface area contributed by atoms with Crippen LogP contribution >= 0.6 is 0 Å². The topological polar surface area (TPSA) is 15.3 Å². The van der Waals surface area contributed by atoms with E-state index in [1.54, 1.807) is 12.1 Å². The third-order valence-electron chi connectivity index (χ3n) is 3.06. The Bertz CT molecular complexity index is 328. The van der Waals surface area contributed by atoms with Crippen molar-refractivity contribution in [3.8, 4) is 0 Å². The lowest BCUT2D eigenvalue weighted by atomic mass is 10.1. The molecule has 1 atom stereocenters. The van der Waals surface area contributed by atoms with Gasteiger partial charge in [0.1, 0.15) is 5.82 Å². The zero-order valence-corrected chi connectivity index (χ0v) is 11.0. The smallest absolute Gasteiger partial charge is 0.123 e. The Kier molecular flexibility index (Phi) is 6.16. The summed E-state index contributed by atoms with van der Waals surface area (Å²) in [5.74, 6) is -0.156. The molecule has 1 N–H and O–H groups in total. The molecule has 0 aliphatic heterocycles. The largest absolute Gasteiger partial charge is 0.317 e. The van der Waals surface area contributed by atoms with Gasteiger partial charge in [-0.3, -0.25) is 4.90 Å². The fourth-order valence-corrected chi connectivity index (χ4v) is 1.79. The van der Waals surface area contributed by atoms with Crippen LogP contribution in [0.5, 0.6) is 0 Å². The van der Waals surface area contributed by atoms with Gasteiger partial charge in [-0.2, -0.15) is 0 Å². The Labute approximate surface area is 104 Å². The Morgan fingerprint density at radius 2 is 2.18 bits per heavy atom. The Hall–Kier alpha value is -0.930. The second-order valence-electron chi connectivity index (χ2n) is 4.54. The van der Waals surface area contributed by atoms with Gasteiger partial charge in [0.2, 0.25) is 0 Å². The maximum atomic E-state index is 13.0. The predicted molar refractivity (Wildman–Crippen MR) is 70.5 cm³/mol. The van der Waals surface area contributed by atoms with E-state index in [9.17, 15) is 4.39 Å². The summed E-state index contributed by atoms with van der Waals surface area (Å²) in [5, 5.41) is 3.32. The van der Waals surface area contributed by atoms with Gasteiger partial charge in [-0.1, -0.05) is 19.1 Å². The van der Waals surface area contributed by atoms with Crippen LogP contribution in [0, 0.1) is 5.82 Å². The summed E-state index contributed by atoms with van der Waals surface area (Å²) >= 11 is 0. The van der Waals surface area contributed by atoms with E-state index in [0.717, 1.165) is 31.6 Å². The van der Waals surface area contributed by atoms with Crippen LogP contribution < -0.4 is 5.32 Å². The highest BCUT2D eigenvalue weighted by Gasteiger charge is 2.09. The number of nitrogens with zero attached hydrogens (tertiary/aromatic N) is 1. The lowest BCUT2D eigenvalue weighted by molar-refractivity contribution is 0.236. The van der Waals surface area contributed by atoms with Gasteiger partial charge in [0, 0.05) is 12.6 Å². The van der Waals surface area contributed by atoms with E-state index in [1.165, 1.54) is 6.07 Å². The maximum Gasteiger partial charge on any atom is 0.123 e. The summed E-state index contributed by atoms with van der Waals surface area (Å²) in [6.45, 7) is 7.16. The molecule has 1 aromatic carbocycles. The molecule has 0 radical (unpaired) electrons. The van der Waals surface area contributed by atoms with Crippen molar-refractivity contribution in [3.05, 3.63) is 35.6 Å². The Morgan fingerprint density at radius 1 is 1.41 bits per heavy atom. The third-order valence-corrected chi connectivity index (χ3v) is 3.06. The molecule has 1 rings (SSSR count). The fraction of sp³-hybridized carbons (Fsp3) is 0.571. The summed E-state index contributed by atoms with van der Waals surface area (Å²) in [6, 6.07) is 7.32. The molecule has 0 saturated heterocycles. The molecule has 0 saturated carbocycles. The van der Waals surface area contributed by atoms with E-state index in [-0.39, 0.29) is 5.82 Å². The number of rotatable bonds is 7. The van der Waals surface area contributed by atoms with Crippen molar-refractivity contribution < 1.29 is 4.39 Å². The summed E-state index contributed by atoms with van der Waals surface area (Å²) in [4.78, 5) is 2.26. The van der Waals surface area contributed by atoms with Crippen LogP contribution in [-0.2, 0) is 6.54 Å². The maximum absolute atomic E-state index is 13.0. The molecule has 0 aromatic heterocycles. The van der Waals surface area contributed by atoms with Crippen molar-refractivity contribution in [1.29, 1.82) is 0 Å². The third kappa shape index (κ3) is 5.29. The van der Waals surface area contributed by atoms with Crippen LogP contribution in [0.2, 0.25) is 0 Å². The van der Waals surface area contributed by atoms with Gasteiger partial charge in [-0.25, -0.2) is 4.39 Å². The normalized spacial score (nSPS) is 13.0. The predicted octanol–water partition coefficient (Wildman–Crippen LogP) is 2.65. The van der Waals surface area contributed by atoms with Gasteiger partial charge >= 0.3 is 0 Å². The summed E-state index contributed by atoms with van der Waals surface area (Å²) in [7, 11) is 2.08. The zero-order valence-electron chi connectivity index (χ0n) is 11.0. The van der Waals surface area contributed by atoms with Gasteiger partial charge in [-0.15, -0.1) is 0 Å². The quantitative estimate of drug-likeness (QED) is 0.735. The molecule has 0 bridgehead atoms. The lowest BCUT2D eigenvalue weighted by Gasteiger charge is -2.24. The van der Waals surface area contributed by atoms with E-state index < -0.39 is 0 Å². The standard InChI is InChI=1S/C14H23FN2/c1-4-16-9-8-12(2)17(3)11-13-6-5-7-14(15)10-13/h5-7,10,12,16H,4,8-9,11H2,1-3H3. The van der Waals surface area contributed by atoms with Crippen LogP contribution in [-0.4, -0.2) is 31.1 Å². The average Bonchev–Trinajstić information content (AvgIpc) is 2.29. The van der Waals surface area contributed by atoms with Crippen molar-refractivity contribution in [2.45, 2.75) is 32.9 Å². The Morgan fingerprint density at radius 3 is 2.82 bits per heavy atom. The summed E-state index contributed by atoms with van der Waals surface area (Å²) < 4.78 is 13.0. The first-order valence-electron chi connectivity index (χ1n) is 6.29. The number of hydrogen-bond donors (Lipinski definition) is 1. The zero-order chi connectivity index (χ0) is 12.7. The van der Waals surface area contributed by atoms with Crippen molar-refractivity contribution in [2.24, 2.45) is 0 Å². The minimum Gasteiger partial charge on any atom is -0.317 e.